The molecule has 0 fully saturated rings. The lowest BCUT2D eigenvalue weighted by molar-refractivity contribution is -0.107. The lowest BCUT2D eigenvalue weighted by Gasteiger charge is -1.93. The number of aldehydes is 1. The minimum atomic E-state index is -1.72. The van der Waals surface area contributed by atoms with Gasteiger partial charge in [0, 0.05) is 0 Å². The van der Waals surface area contributed by atoms with Crippen LogP contribution < -0.4 is 0 Å². The first-order valence-corrected chi connectivity index (χ1v) is 4.75. The van der Waals surface area contributed by atoms with Gasteiger partial charge in [0.05, 0.1) is 0 Å². The van der Waals surface area contributed by atoms with Gasteiger partial charge >= 0.3 is 0 Å². The molecule has 0 heterocycles. The predicted molar refractivity (Wildman–Crippen MR) is 53.1 cm³/mol. The van der Waals surface area contributed by atoms with E-state index in [4.69, 9.17) is 51.5 Å². The van der Waals surface area contributed by atoms with Gasteiger partial charge in [0.25, 0.3) is 0 Å². The van der Waals surface area contributed by atoms with Crippen LogP contribution in [0.1, 0.15) is 19.8 Å². The highest BCUT2D eigenvalue weighted by Crippen LogP contribution is 2.21. The molecule has 0 aromatic rings. The van der Waals surface area contributed by atoms with E-state index in [0.29, 0.717) is 6.42 Å². The average molecular weight is 256 g/mol. The van der Waals surface area contributed by atoms with E-state index >= 15 is 0 Å². The van der Waals surface area contributed by atoms with Gasteiger partial charge in [0.15, 0.2) is 6.29 Å². The lowest BCUT2D eigenvalue weighted by atomic mass is 10.4. The number of aliphatic hydroxyl groups excluding tert-OH is 1. The molecule has 0 amide bonds. The third kappa shape index (κ3) is 22.4. The highest BCUT2D eigenvalue weighted by Gasteiger charge is 2.16. The Kier molecular flexibility index (Phi) is 10.7. The Morgan fingerprint density at radius 1 is 1.50 bits per heavy atom. The van der Waals surface area contributed by atoms with Gasteiger partial charge in [-0.2, -0.15) is 0 Å². The van der Waals surface area contributed by atoms with Crippen LogP contribution in [0.5, 0.6) is 0 Å². The third-order valence-electron chi connectivity index (χ3n) is 0.661. The maximum atomic E-state index is 9.43. The number of carbonyl (C=O) groups excluding carboxylic acids is 1. The van der Waals surface area contributed by atoms with Gasteiger partial charge in [0.2, 0.25) is 3.79 Å². The van der Waals surface area contributed by atoms with E-state index in [1.165, 1.54) is 0 Å². The second kappa shape index (κ2) is 8.39. The Morgan fingerprint density at radius 3 is 1.83 bits per heavy atom. The van der Waals surface area contributed by atoms with Gasteiger partial charge in [-0.05, 0) is 6.42 Å². The highest BCUT2D eigenvalue weighted by molar-refractivity contribution is 6.74. The molecular formula is C6H10Cl4O2. The normalized spacial score (nSPS) is 12.8. The van der Waals surface area contributed by atoms with Crippen LogP contribution in [0.2, 0.25) is 0 Å². The topological polar surface area (TPSA) is 37.3 Å². The van der Waals surface area contributed by atoms with Crippen LogP contribution in [0.4, 0.5) is 0 Å². The maximum absolute atomic E-state index is 9.43. The predicted octanol–water partition coefficient (Wildman–Crippen LogP) is 2.90. The average Bonchev–Trinajstić information content (AvgIpc) is 1.87. The summed E-state index contributed by atoms with van der Waals surface area (Å²) in [6.07, 6.45) is 1.88. The van der Waals surface area contributed by atoms with Gasteiger partial charge in [-0.25, -0.2) is 0 Å². The molecule has 12 heavy (non-hydrogen) atoms. The quantitative estimate of drug-likeness (QED) is 0.609. The molecule has 0 aromatic carbocycles. The van der Waals surface area contributed by atoms with Gasteiger partial charge in [-0.3, -0.25) is 4.79 Å². The van der Waals surface area contributed by atoms with Gasteiger partial charge in [-0.15, -0.1) is 0 Å². The summed E-state index contributed by atoms with van der Waals surface area (Å²) in [6.45, 7) is 1.98. The number of halogens is 4. The molecule has 0 rings (SSSR count). The fourth-order valence-electron chi connectivity index (χ4n) is 0.238. The molecule has 0 aromatic heterocycles. The minimum absolute atomic E-state index is 0.234. The largest absolute Gasteiger partial charge is 0.378 e. The van der Waals surface area contributed by atoms with Crippen molar-refractivity contribution in [2.45, 2.75) is 29.1 Å². The monoisotopic (exact) mass is 254 g/mol. The van der Waals surface area contributed by atoms with Gasteiger partial charge < -0.3 is 5.11 Å². The number of hydrogen-bond donors (Lipinski definition) is 1. The van der Waals surface area contributed by atoms with E-state index < -0.39 is 9.36 Å². The molecule has 0 aliphatic heterocycles. The molecule has 1 atom stereocenters. The van der Waals surface area contributed by atoms with Crippen molar-refractivity contribution in [3.63, 3.8) is 0 Å². The molecule has 6 heteroatoms. The van der Waals surface area contributed by atoms with Crippen molar-refractivity contribution in [3.8, 4) is 0 Å². The van der Waals surface area contributed by atoms with E-state index in [1.54, 1.807) is 0 Å². The molecule has 74 valence electrons. The molecular weight excluding hydrogens is 246 g/mol. The summed E-state index contributed by atoms with van der Waals surface area (Å²) in [5.41, 5.74) is -0.630. The molecule has 2 nitrogen and oxygen atoms in total. The van der Waals surface area contributed by atoms with Crippen LogP contribution in [-0.2, 0) is 4.79 Å². The second-order valence-electron chi connectivity index (χ2n) is 1.88. The summed E-state index contributed by atoms with van der Waals surface area (Å²) in [5.74, 6) is 0. The molecule has 1 unspecified atom stereocenters. The van der Waals surface area contributed by atoms with E-state index in [2.05, 4.69) is 0 Å². The molecule has 0 saturated heterocycles. The Labute approximate surface area is 91.7 Å². The number of carbonyl (C=O) groups is 1. The Morgan fingerprint density at radius 2 is 1.83 bits per heavy atom. The third-order valence-corrected chi connectivity index (χ3v) is 1.15. The zero-order valence-electron chi connectivity index (χ0n) is 6.44. The number of hydrogen-bond acceptors (Lipinski definition) is 2. The Hall–Kier alpha value is 0.790. The van der Waals surface area contributed by atoms with Crippen molar-refractivity contribution in [1.29, 1.82) is 0 Å². The van der Waals surface area contributed by atoms with E-state index in [9.17, 15) is 4.79 Å². The summed E-state index contributed by atoms with van der Waals surface area (Å²) in [4.78, 5) is 9.43. The summed E-state index contributed by atoms with van der Waals surface area (Å²) in [5, 5.41) is 8.32. The molecule has 1 N–H and O–H groups in total. The van der Waals surface area contributed by atoms with Crippen LogP contribution in [-0.4, -0.2) is 20.7 Å². The van der Waals surface area contributed by atoms with E-state index in [0.717, 1.165) is 6.42 Å². The van der Waals surface area contributed by atoms with Crippen LogP contribution in [0.15, 0.2) is 0 Å². The first-order valence-electron chi connectivity index (χ1n) is 3.18. The standard InChI is InChI=1S/C4H9ClO.C2HCl3O/c1-2-3-4(5)6;3-2(4,5)1-6/h4,6H,2-3H2,1H3;1H. The molecule has 0 bridgehead atoms. The summed E-state index contributed by atoms with van der Waals surface area (Å²) < 4.78 is -1.72. The van der Waals surface area contributed by atoms with Crippen molar-refractivity contribution in [2.24, 2.45) is 0 Å². The number of aliphatic hydroxyl groups is 1. The second-order valence-corrected chi connectivity index (χ2v) is 4.76. The molecule has 0 spiro atoms. The summed E-state index contributed by atoms with van der Waals surface area (Å²) in [6, 6.07) is 0. The molecule has 0 aliphatic rings. The fraction of sp³-hybridized carbons (Fsp3) is 0.833. The first-order chi connectivity index (χ1) is 5.33. The van der Waals surface area contributed by atoms with Crippen molar-refractivity contribution in [1.82, 2.24) is 0 Å². The fourth-order valence-corrected chi connectivity index (χ4v) is 0.456. The molecule has 0 saturated carbocycles. The van der Waals surface area contributed by atoms with Crippen LogP contribution in [0, 0.1) is 0 Å². The summed E-state index contributed by atoms with van der Waals surface area (Å²) in [7, 11) is 0. The number of alkyl halides is 4. The van der Waals surface area contributed by atoms with Crippen molar-refractivity contribution in [3.05, 3.63) is 0 Å². The molecule has 0 aliphatic carbocycles. The van der Waals surface area contributed by atoms with Crippen molar-refractivity contribution < 1.29 is 9.90 Å². The summed E-state index contributed by atoms with van der Waals surface area (Å²) >= 11 is 19.8. The van der Waals surface area contributed by atoms with Crippen molar-refractivity contribution in [2.75, 3.05) is 0 Å². The highest BCUT2D eigenvalue weighted by atomic mass is 35.6. The Balaban J connectivity index is 0. The van der Waals surface area contributed by atoms with Crippen LogP contribution >= 0.6 is 46.4 Å². The smallest absolute Gasteiger partial charge is 0.245 e. The zero-order valence-corrected chi connectivity index (χ0v) is 9.46. The van der Waals surface area contributed by atoms with Crippen molar-refractivity contribution >= 4 is 52.7 Å². The zero-order chi connectivity index (χ0) is 10.2. The SMILES string of the molecule is CCCC(O)Cl.O=CC(Cl)(Cl)Cl. The van der Waals surface area contributed by atoms with Crippen LogP contribution in [0.3, 0.4) is 0 Å². The lowest BCUT2D eigenvalue weighted by Crippen LogP contribution is -2.00. The first kappa shape index (κ1) is 15.3. The van der Waals surface area contributed by atoms with E-state index in [-0.39, 0.29) is 6.29 Å². The minimum Gasteiger partial charge on any atom is -0.378 e. The van der Waals surface area contributed by atoms with E-state index in [1.807, 2.05) is 6.92 Å². The van der Waals surface area contributed by atoms with Gasteiger partial charge in [-0.1, -0.05) is 59.7 Å². The number of rotatable bonds is 2. The van der Waals surface area contributed by atoms with Gasteiger partial charge in [0.1, 0.15) is 5.56 Å². The molecule has 0 radical (unpaired) electrons. The Bertz CT molecular complexity index is 111. The van der Waals surface area contributed by atoms with Crippen LogP contribution in [0.25, 0.3) is 0 Å². The maximum Gasteiger partial charge on any atom is 0.245 e.